The Morgan fingerprint density at radius 1 is 1.07 bits per heavy atom. The zero-order valence-corrected chi connectivity index (χ0v) is 17.3. The van der Waals surface area contributed by atoms with E-state index in [0.29, 0.717) is 19.8 Å². The molecule has 2 N–H and O–H groups in total. The fourth-order valence-electron chi connectivity index (χ4n) is 3.53. The average molecular weight is 399 g/mol. The Bertz CT molecular complexity index is 760. The van der Waals surface area contributed by atoms with Gasteiger partial charge < -0.3 is 15.4 Å². The first-order valence-electron chi connectivity index (χ1n) is 10.3. The van der Waals surface area contributed by atoms with Crippen LogP contribution in [0.15, 0.2) is 59.6 Å². The van der Waals surface area contributed by atoms with Gasteiger partial charge in [0.05, 0.1) is 31.8 Å². The van der Waals surface area contributed by atoms with Gasteiger partial charge in [-0.3, -0.25) is 9.89 Å². The molecule has 0 amide bonds. The Labute approximate surface area is 173 Å². The Balaban J connectivity index is 1.75. The number of guanidine groups is 1. The van der Waals surface area contributed by atoms with Crippen molar-refractivity contribution in [3.8, 4) is 0 Å². The summed E-state index contributed by atoms with van der Waals surface area (Å²) in [5.41, 5.74) is 2.28. The van der Waals surface area contributed by atoms with Gasteiger partial charge in [-0.15, -0.1) is 0 Å². The molecule has 1 heterocycles. The number of halogens is 1. The third kappa shape index (κ3) is 6.27. The lowest BCUT2D eigenvalue weighted by Gasteiger charge is -2.34. The SMILES string of the molecule is CCNC(=NCC(c1ccc(F)cc1)N1CCOCC1)NC(C)c1ccccc1. The number of hydrogen-bond acceptors (Lipinski definition) is 3. The number of nitrogens with zero attached hydrogens (tertiary/aromatic N) is 2. The molecule has 0 radical (unpaired) electrons. The van der Waals surface area contributed by atoms with Crippen LogP contribution in [0.5, 0.6) is 0 Å². The van der Waals surface area contributed by atoms with E-state index in [4.69, 9.17) is 9.73 Å². The highest BCUT2D eigenvalue weighted by Gasteiger charge is 2.23. The molecule has 1 saturated heterocycles. The maximum atomic E-state index is 13.4. The van der Waals surface area contributed by atoms with E-state index in [0.717, 1.165) is 31.2 Å². The molecule has 1 aliphatic rings. The minimum Gasteiger partial charge on any atom is -0.379 e. The number of morpholine rings is 1. The van der Waals surface area contributed by atoms with Gasteiger partial charge in [0.2, 0.25) is 0 Å². The smallest absolute Gasteiger partial charge is 0.191 e. The summed E-state index contributed by atoms with van der Waals surface area (Å²) in [6.45, 7) is 8.68. The van der Waals surface area contributed by atoms with E-state index >= 15 is 0 Å². The maximum Gasteiger partial charge on any atom is 0.191 e. The summed E-state index contributed by atoms with van der Waals surface area (Å²) in [4.78, 5) is 7.24. The average Bonchev–Trinajstić information content (AvgIpc) is 2.76. The highest BCUT2D eigenvalue weighted by Crippen LogP contribution is 2.23. The van der Waals surface area contributed by atoms with Crippen molar-refractivity contribution in [3.05, 3.63) is 71.5 Å². The van der Waals surface area contributed by atoms with Gasteiger partial charge in [-0.25, -0.2) is 4.39 Å². The number of benzene rings is 2. The Kier molecular flexibility index (Phi) is 8.02. The summed E-state index contributed by atoms with van der Waals surface area (Å²) < 4.78 is 18.9. The van der Waals surface area contributed by atoms with Gasteiger partial charge in [-0.1, -0.05) is 42.5 Å². The number of rotatable bonds is 7. The van der Waals surface area contributed by atoms with Crippen molar-refractivity contribution in [3.63, 3.8) is 0 Å². The minimum absolute atomic E-state index is 0.0852. The number of hydrogen-bond donors (Lipinski definition) is 2. The molecule has 6 heteroatoms. The highest BCUT2D eigenvalue weighted by atomic mass is 19.1. The standard InChI is InChI=1S/C23H31FN4O/c1-3-25-23(27-18(2)19-7-5-4-6-8-19)26-17-22(28-13-15-29-16-14-28)20-9-11-21(24)12-10-20/h4-12,18,22H,3,13-17H2,1-2H3,(H2,25,26,27). The molecule has 29 heavy (non-hydrogen) atoms. The Morgan fingerprint density at radius 3 is 2.41 bits per heavy atom. The summed E-state index contributed by atoms with van der Waals surface area (Å²) >= 11 is 0. The molecule has 0 spiro atoms. The summed E-state index contributed by atoms with van der Waals surface area (Å²) in [7, 11) is 0. The van der Waals surface area contributed by atoms with Crippen LogP contribution < -0.4 is 10.6 Å². The number of ether oxygens (including phenoxy) is 1. The zero-order chi connectivity index (χ0) is 20.5. The van der Waals surface area contributed by atoms with Gasteiger partial charge in [0.1, 0.15) is 5.82 Å². The fourth-order valence-corrected chi connectivity index (χ4v) is 3.53. The number of nitrogens with one attached hydrogen (secondary N) is 2. The fraction of sp³-hybridized carbons (Fsp3) is 0.435. The molecule has 2 aromatic rings. The van der Waals surface area contributed by atoms with E-state index in [2.05, 4.69) is 41.5 Å². The highest BCUT2D eigenvalue weighted by molar-refractivity contribution is 5.80. The van der Waals surface area contributed by atoms with Crippen LogP contribution in [-0.2, 0) is 4.74 Å². The van der Waals surface area contributed by atoms with Crippen LogP contribution in [-0.4, -0.2) is 50.3 Å². The molecule has 0 aromatic heterocycles. The first kappa shape index (κ1) is 21.3. The van der Waals surface area contributed by atoms with Crippen molar-refractivity contribution in [2.24, 2.45) is 4.99 Å². The van der Waals surface area contributed by atoms with Crippen LogP contribution >= 0.6 is 0 Å². The predicted octanol–water partition coefficient (Wildman–Crippen LogP) is 3.52. The molecular formula is C23H31FN4O. The van der Waals surface area contributed by atoms with Gasteiger partial charge >= 0.3 is 0 Å². The first-order chi connectivity index (χ1) is 14.2. The second kappa shape index (κ2) is 10.9. The zero-order valence-electron chi connectivity index (χ0n) is 17.3. The van der Waals surface area contributed by atoms with Gasteiger partial charge in [-0.2, -0.15) is 0 Å². The van der Waals surface area contributed by atoms with Crippen molar-refractivity contribution >= 4 is 5.96 Å². The molecule has 2 unspecified atom stereocenters. The van der Waals surface area contributed by atoms with Crippen molar-refractivity contribution in [2.75, 3.05) is 39.4 Å². The number of aliphatic imine (C=N–C) groups is 1. The molecule has 2 aromatic carbocycles. The van der Waals surface area contributed by atoms with Crippen LogP contribution in [0.3, 0.4) is 0 Å². The van der Waals surface area contributed by atoms with E-state index in [1.54, 1.807) is 0 Å². The third-order valence-electron chi connectivity index (χ3n) is 5.16. The van der Waals surface area contributed by atoms with Gasteiger partial charge in [0, 0.05) is 19.6 Å². The van der Waals surface area contributed by atoms with Gasteiger partial charge in [-0.05, 0) is 37.1 Å². The quantitative estimate of drug-likeness (QED) is 0.554. The van der Waals surface area contributed by atoms with Crippen LogP contribution in [0.2, 0.25) is 0 Å². The largest absolute Gasteiger partial charge is 0.379 e. The lowest BCUT2D eigenvalue weighted by molar-refractivity contribution is 0.0179. The first-order valence-corrected chi connectivity index (χ1v) is 10.3. The monoisotopic (exact) mass is 398 g/mol. The van der Waals surface area contributed by atoms with Crippen LogP contribution in [0.25, 0.3) is 0 Å². The van der Waals surface area contributed by atoms with Crippen LogP contribution in [0.1, 0.15) is 37.1 Å². The molecule has 0 saturated carbocycles. The second-order valence-corrected chi connectivity index (χ2v) is 7.21. The molecule has 156 valence electrons. The van der Waals surface area contributed by atoms with Crippen molar-refractivity contribution in [1.29, 1.82) is 0 Å². The van der Waals surface area contributed by atoms with E-state index in [1.165, 1.54) is 17.7 Å². The second-order valence-electron chi connectivity index (χ2n) is 7.21. The molecule has 1 fully saturated rings. The molecule has 2 atom stereocenters. The molecule has 3 rings (SSSR count). The summed E-state index contributed by atoms with van der Waals surface area (Å²) in [6, 6.07) is 17.3. The topological polar surface area (TPSA) is 48.9 Å². The lowest BCUT2D eigenvalue weighted by Crippen LogP contribution is -2.42. The van der Waals surface area contributed by atoms with Crippen LogP contribution in [0.4, 0.5) is 4.39 Å². The molecule has 1 aliphatic heterocycles. The normalized spacial score (nSPS) is 17.6. The minimum atomic E-state index is -0.218. The van der Waals surface area contributed by atoms with E-state index in [9.17, 15) is 4.39 Å². The molecule has 0 aliphatic carbocycles. The summed E-state index contributed by atoms with van der Waals surface area (Å²) in [5.74, 6) is 0.564. The Morgan fingerprint density at radius 2 is 1.76 bits per heavy atom. The van der Waals surface area contributed by atoms with Gasteiger partial charge in [0.15, 0.2) is 5.96 Å². The predicted molar refractivity (Wildman–Crippen MR) is 116 cm³/mol. The van der Waals surface area contributed by atoms with Crippen molar-refractivity contribution in [2.45, 2.75) is 25.9 Å². The van der Waals surface area contributed by atoms with E-state index in [1.807, 2.05) is 30.3 Å². The van der Waals surface area contributed by atoms with Crippen LogP contribution in [0, 0.1) is 5.82 Å². The molecule has 0 bridgehead atoms. The summed E-state index contributed by atoms with van der Waals surface area (Å²) in [5, 5.41) is 6.83. The lowest BCUT2D eigenvalue weighted by atomic mass is 10.0. The Hall–Kier alpha value is -2.44. The van der Waals surface area contributed by atoms with E-state index in [-0.39, 0.29) is 17.9 Å². The molecular weight excluding hydrogens is 367 g/mol. The van der Waals surface area contributed by atoms with Crippen molar-refractivity contribution in [1.82, 2.24) is 15.5 Å². The molecule has 5 nitrogen and oxygen atoms in total. The van der Waals surface area contributed by atoms with Crippen molar-refractivity contribution < 1.29 is 9.13 Å². The summed E-state index contributed by atoms with van der Waals surface area (Å²) in [6.07, 6.45) is 0. The third-order valence-corrected chi connectivity index (χ3v) is 5.16. The maximum absolute atomic E-state index is 13.4. The van der Waals surface area contributed by atoms with Gasteiger partial charge in [0.25, 0.3) is 0 Å². The van der Waals surface area contributed by atoms with E-state index < -0.39 is 0 Å².